The summed E-state index contributed by atoms with van der Waals surface area (Å²) in [5, 5.41) is 0. The van der Waals surface area contributed by atoms with E-state index in [-0.39, 0.29) is 5.91 Å². The van der Waals surface area contributed by atoms with E-state index in [0.717, 1.165) is 66.4 Å². The Morgan fingerprint density at radius 2 is 1.90 bits per heavy atom. The number of benzene rings is 2. The molecule has 8 heteroatoms. The molecule has 1 aromatic heterocycles. The first-order valence-corrected chi connectivity index (χ1v) is 13.6. The van der Waals surface area contributed by atoms with Crippen molar-refractivity contribution in [1.82, 2.24) is 14.9 Å². The van der Waals surface area contributed by atoms with E-state index in [4.69, 9.17) is 21.2 Å². The van der Waals surface area contributed by atoms with Crippen LogP contribution in [0.3, 0.4) is 0 Å². The minimum absolute atomic E-state index is 0.0341. The van der Waals surface area contributed by atoms with Crippen LogP contribution in [0, 0.1) is 18.8 Å². The Balaban J connectivity index is 1.59. The summed E-state index contributed by atoms with van der Waals surface area (Å²) in [5.74, 6) is 2.64. The largest absolute Gasteiger partial charge is 0.457 e. The third-order valence-electron chi connectivity index (χ3n) is 7.25. The van der Waals surface area contributed by atoms with E-state index in [9.17, 15) is 4.79 Å². The highest BCUT2D eigenvalue weighted by Crippen LogP contribution is 2.29. The van der Waals surface area contributed by atoms with Crippen molar-refractivity contribution in [2.45, 2.75) is 33.1 Å². The number of likely N-dealkylation sites (tertiary alicyclic amines) is 1. The molecule has 1 amide bonds. The lowest BCUT2D eigenvalue weighted by atomic mass is 9.83. The van der Waals surface area contributed by atoms with Crippen molar-refractivity contribution >= 4 is 17.4 Å². The summed E-state index contributed by atoms with van der Waals surface area (Å²) in [6, 6.07) is 17.5. The minimum atomic E-state index is 0.0341. The van der Waals surface area contributed by atoms with Gasteiger partial charge in [0.15, 0.2) is 0 Å². The summed E-state index contributed by atoms with van der Waals surface area (Å²) in [7, 11) is 0. The van der Waals surface area contributed by atoms with Crippen LogP contribution in [0.1, 0.15) is 43.0 Å². The number of aryl methyl sites for hydroxylation is 1. The summed E-state index contributed by atoms with van der Waals surface area (Å²) in [6.07, 6.45) is 7.81. The Kier molecular flexibility index (Phi) is 9.80. The standard InChI is InChI=1S/C31H38N6O2/c1-3-23(25-9-8-18-37(20-25)28(38)12-7-17-32)19-34-30(29-22(2)35-21-36-31(29)33)24-13-15-27(16-14-24)39-26-10-5-4-6-11-26/h4-7,10-16,21,23,25H,3,8-9,17-20,32H2,1-2H3,(H2,33,35,36). The zero-order valence-electron chi connectivity index (χ0n) is 22.8. The molecule has 204 valence electrons. The van der Waals surface area contributed by atoms with Crippen LogP contribution in [0.25, 0.3) is 0 Å². The number of hydrogen-bond donors (Lipinski definition) is 2. The van der Waals surface area contributed by atoms with Crippen molar-refractivity contribution in [3.8, 4) is 11.5 Å². The average molecular weight is 527 g/mol. The summed E-state index contributed by atoms with van der Waals surface area (Å²) in [6.45, 7) is 6.61. The van der Waals surface area contributed by atoms with Gasteiger partial charge in [0.2, 0.25) is 5.91 Å². The normalized spacial score (nSPS) is 16.8. The molecule has 4 rings (SSSR count). The second kappa shape index (κ2) is 13.7. The molecule has 1 saturated heterocycles. The van der Waals surface area contributed by atoms with E-state index in [0.29, 0.717) is 30.7 Å². The predicted molar refractivity (Wildman–Crippen MR) is 156 cm³/mol. The zero-order valence-corrected chi connectivity index (χ0v) is 22.8. The number of carbonyl (C=O) groups is 1. The summed E-state index contributed by atoms with van der Waals surface area (Å²) < 4.78 is 5.98. The van der Waals surface area contributed by atoms with Gasteiger partial charge in [-0.05, 0) is 68.0 Å². The number of para-hydroxylation sites is 1. The van der Waals surface area contributed by atoms with E-state index < -0.39 is 0 Å². The van der Waals surface area contributed by atoms with Gasteiger partial charge in [0, 0.05) is 37.8 Å². The molecular weight excluding hydrogens is 488 g/mol. The number of piperidine rings is 1. The molecule has 2 heterocycles. The fourth-order valence-electron chi connectivity index (χ4n) is 5.09. The molecule has 2 atom stereocenters. The molecule has 3 aromatic rings. The molecular formula is C31H38N6O2. The zero-order chi connectivity index (χ0) is 27.6. The molecule has 0 saturated carbocycles. The Bertz CT molecular complexity index is 1270. The van der Waals surface area contributed by atoms with E-state index in [1.165, 1.54) is 6.33 Å². The number of nitrogen functional groups attached to an aromatic ring is 1. The minimum Gasteiger partial charge on any atom is -0.457 e. The lowest BCUT2D eigenvalue weighted by Crippen LogP contribution is -2.42. The smallest absolute Gasteiger partial charge is 0.246 e. The van der Waals surface area contributed by atoms with Gasteiger partial charge in [-0.2, -0.15) is 0 Å². The van der Waals surface area contributed by atoms with Crippen molar-refractivity contribution in [3.63, 3.8) is 0 Å². The highest BCUT2D eigenvalue weighted by molar-refractivity contribution is 6.16. The Morgan fingerprint density at radius 3 is 2.59 bits per heavy atom. The number of aromatic nitrogens is 2. The molecule has 2 aromatic carbocycles. The van der Waals surface area contributed by atoms with Crippen molar-refractivity contribution in [1.29, 1.82) is 0 Å². The number of nitrogens with zero attached hydrogens (tertiary/aromatic N) is 4. The Hall–Kier alpha value is -4.04. The van der Waals surface area contributed by atoms with Crippen LogP contribution in [0.2, 0.25) is 0 Å². The lowest BCUT2D eigenvalue weighted by Gasteiger charge is -2.36. The van der Waals surface area contributed by atoms with Gasteiger partial charge in [-0.15, -0.1) is 0 Å². The van der Waals surface area contributed by atoms with Crippen molar-refractivity contribution < 1.29 is 9.53 Å². The van der Waals surface area contributed by atoms with Crippen molar-refractivity contribution in [2.75, 3.05) is 31.9 Å². The summed E-state index contributed by atoms with van der Waals surface area (Å²) in [5.41, 5.74) is 15.1. The first-order valence-electron chi connectivity index (χ1n) is 13.6. The number of nitrogens with two attached hydrogens (primary N) is 2. The number of rotatable bonds is 10. The molecule has 2 unspecified atom stereocenters. The number of hydrogen-bond acceptors (Lipinski definition) is 7. The number of ether oxygens (including phenoxy) is 1. The Labute approximate surface area is 230 Å². The lowest BCUT2D eigenvalue weighted by molar-refractivity contribution is -0.128. The molecule has 8 nitrogen and oxygen atoms in total. The average Bonchev–Trinajstić information content (AvgIpc) is 2.96. The highest BCUT2D eigenvalue weighted by Gasteiger charge is 2.28. The van der Waals surface area contributed by atoms with Gasteiger partial charge in [-0.1, -0.05) is 37.6 Å². The van der Waals surface area contributed by atoms with Gasteiger partial charge in [-0.3, -0.25) is 9.79 Å². The van der Waals surface area contributed by atoms with Crippen LogP contribution in [0.5, 0.6) is 11.5 Å². The van der Waals surface area contributed by atoms with Gasteiger partial charge in [-0.25, -0.2) is 9.97 Å². The third-order valence-corrected chi connectivity index (χ3v) is 7.25. The Morgan fingerprint density at radius 1 is 1.15 bits per heavy atom. The monoisotopic (exact) mass is 526 g/mol. The molecule has 1 fully saturated rings. The molecule has 0 spiro atoms. The van der Waals surface area contributed by atoms with E-state index in [1.54, 1.807) is 12.2 Å². The van der Waals surface area contributed by atoms with Crippen LogP contribution in [-0.2, 0) is 4.79 Å². The molecule has 0 bridgehead atoms. The summed E-state index contributed by atoms with van der Waals surface area (Å²) in [4.78, 5) is 28.3. The SMILES string of the molecule is CCC(CN=C(c1ccc(Oc2ccccc2)cc1)c1c(C)ncnc1N)C1CCCN(C(=O)C=CCN)C1. The molecule has 0 radical (unpaired) electrons. The molecule has 1 aliphatic rings. The number of anilines is 1. The first-order chi connectivity index (χ1) is 19.0. The maximum absolute atomic E-state index is 12.6. The van der Waals surface area contributed by atoms with Crippen LogP contribution in [-0.4, -0.2) is 52.7 Å². The maximum Gasteiger partial charge on any atom is 0.246 e. The van der Waals surface area contributed by atoms with Crippen LogP contribution < -0.4 is 16.2 Å². The van der Waals surface area contributed by atoms with Crippen molar-refractivity contribution in [2.24, 2.45) is 22.6 Å². The molecule has 4 N–H and O–H groups in total. The second-order valence-corrected chi connectivity index (χ2v) is 9.84. The van der Waals surface area contributed by atoms with Crippen LogP contribution in [0.4, 0.5) is 5.82 Å². The maximum atomic E-state index is 12.6. The molecule has 39 heavy (non-hydrogen) atoms. The number of carbonyl (C=O) groups excluding carboxylic acids is 1. The predicted octanol–water partition coefficient (Wildman–Crippen LogP) is 4.78. The second-order valence-electron chi connectivity index (χ2n) is 9.84. The fraction of sp³-hybridized carbons (Fsp3) is 0.355. The van der Waals surface area contributed by atoms with Gasteiger partial charge >= 0.3 is 0 Å². The number of amides is 1. The van der Waals surface area contributed by atoms with Crippen LogP contribution in [0.15, 0.2) is 78.1 Å². The first kappa shape index (κ1) is 28.0. The number of aliphatic imine (C=N–C) groups is 1. The van der Waals surface area contributed by atoms with Crippen LogP contribution >= 0.6 is 0 Å². The van der Waals surface area contributed by atoms with E-state index in [2.05, 4.69) is 16.9 Å². The van der Waals surface area contributed by atoms with Gasteiger partial charge in [0.05, 0.1) is 17.0 Å². The van der Waals surface area contributed by atoms with Gasteiger partial charge in [0.1, 0.15) is 23.6 Å². The third kappa shape index (κ3) is 7.29. The van der Waals surface area contributed by atoms with E-state index >= 15 is 0 Å². The van der Waals surface area contributed by atoms with Gasteiger partial charge in [0.25, 0.3) is 0 Å². The topological polar surface area (TPSA) is 120 Å². The fourth-order valence-corrected chi connectivity index (χ4v) is 5.09. The quantitative estimate of drug-likeness (QED) is 0.290. The highest BCUT2D eigenvalue weighted by atomic mass is 16.5. The van der Waals surface area contributed by atoms with Gasteiger partial charge < -0.3 is 21.1 Å². The molecule has 1 aliphatic heterocycles. The van der Waals surface area contributed by atoms with E-state index in [1.807, 2.05) is 66.4 Å². The molecule has 0 aliphatic carbocycles. The summed E-state index contributed by atoms with van der Waals surface area (Å²) >= 11 is 0. The van der Waals surface area contributed by atoms with Crippen molar-refractivity contribution in [3.05, 3.63) is 89.9 Å².